The van der Waals surface area contributed by atoms with E-state index in [-0.39, 0.29) is 21.4 Å². The number of carboxylic acid groups (broad SMARTS) is 2. The van der Waals surface area contributed by atoms with Crippen molar-refractivity contribution < 1.29 is 42.1 Å². The molecular formula is C18H11BrF4N2O5. The van der Waals surface area contributed by atoms with E-state index >= 15 is 0 Å². The van der Waals surface area contributed by atoms with Crippen LogP contribution in [-0.4, -0.2) is 38.1 Å². The molecule has 1 atom stereocenters. The lowest BCUT2D eigenvalue weighted by Gasteiger charge is -2.20. The molecule has 0 aliphatic carbocycles. The van der Waals surface area contributed by atoms with Crippen molar-refractivity contribution in [2.75, 3.05) is 0 Å². The summed E-state index contributed by atoms with van der Waals surface area (Å²) in [6, 6.07) is 3.46. The number of nitrogens with zero attached hydrogens (tertiary/aromatic N) is 2. The zero-order chi connectivity index (χ0) is 22.2. The van der Waals surface area contributed by atoms with Gasteiger partial charge in [-0.3, -0.25) is 4.79 Å². The zero-order valence-corrected chi connectivity index (χ0v) is 16.2. The SMILES string of the molecule is O=C(O)CC(c1ccc(F)cc1OC(F)F)c1c(C(=O)O)nc2cc(F)c(Br)cn12. The summed E-state index contributed by atoms with van der Waals surface area (Å²) in [4.78, 5) is 27.1. The fourth-order valence-corrected chi connectivity index (χ4v) is 3.39. The van der Waals surface area contributed by atoms with Gasteiger partial charge in [0.25, 0.3) is 0 Å². The quantitative estimate of drug-likeness (QED) is 0.479. The van der Waals surface area contributed by atoms with E-state index < -0.39 is 54.0 Å². The summed E-state index contributed by atoms with van der Waals surface area (Å²) in [5.74, 6) is -6.70. The molecular weight excluding hydrogens is 480 g/mol. The van der Waals surface area contributed by atoms with E-state index in [9.17, 15) is 37.4 Å². The highest BCUT2D eigenvalue weighted by Gasteiger charge is 2.32. The Balaban J connectivity index is 2.34. The summed E-state index contributed by atoms with van der Waals surface area (Å²) in [6.45, 7) is -3.35. The average Bonchev–Trinajstić information content (AvgIpc) is 2.98. The second-order valence-electron chi connectivity index (χ2n) is 6.06. The minimum Gasteiger partial charge on any atom is -0.481 e. The van der Waals surface area contributed by atoms with Gasteiger partial charge in [-0.05, 0) is 22.0 Å². The van der Waals surface area contributed by atoms with Crippen LogP contribution >= 0.6 is 15.9 Å². The van der Waals surface area contributed by atoms with Crippen molar-refractivity contribution in [3.63, 3.8) is 0 Å². The Morgan fingerprint density at radius 2 is 1.90 bits per heavy atom. The smallest absolute Gasteiger partial charge is 0.387 e. The van der Waals surface area contributed by atoms with Crippen molar-refractivity contribution in [1.82, 2.24) is 9.38 Å². The van der Waals surface area contributed by atoms with Crippen molar-refractivity contribution in [1.29, 1.82) is 0 Å². The van der Waals surface area contributed by atoms with E-state index in [0.29, 0.717) is 6.07 Å². The first-order chi connectivity index (χ1) is 14.1. The maximum atomic E-state index is 13.9. The highest BCUT2D eigenvalue weighted by molar-refractivity contribution is 9.10. The summed E-state index contributed by atoms with van der Waals surface area (Å²) in [6.07, 6.45) is 0.361. The molecule has 7 nitrogen and oxygen atoms in total. The molecule has 0 bridgehead atoms. The van der Waals surface area contributed by atoms with Crippen molar-refractivity contribution in [2.24, 2.45) is 0 Å². The van der Waals surface area contributed by atoms with Crippen LogP contribution in [0.3, 0.4) is 0 Å². The molecule has 1 aromatic carbocycles. The van der Waals surface area contributed by atoms with Crippen LogP contribution in [0, 0.1) is 11.6 Å². The van der Waals surface area contributed by atoms with Gasteiger partial charge >= 0.3 is 18.6 Å². The van der Waals surface area contributed by atoms with Crippen LogP contribution < -0.4 is 4.74 Å². The summed E-state index contributed by atoms with van der Waals surface area (Å²) < 4.78 is 58.6. The molecule has 1 unspecified atom stereocenters. The molecule has 3 aromatic rings. The van der Waals surface area contributed by atoms with Crippen LogP contribution in [0.25, 0.3) is 5.65 Å². The number of fused-ring (bicyclic) bond motifs is 1. The highest BCUT2D eigenvalue weighted by Crippen LogP contribution is 2.38. The van der Waals surface area contributed by atoms with Crippen molar-refractivity contribution in [3.8, 4) is 5.75 Å². The van der Waals surface area contributed by atoms with Crippen LogP contribution in [0.1, 0.15) is 34.1 Å². The molecule has 2 heterocycles. The predicted octanol–water partition coefficient (Wildman–Crippen LogP) is 4.28. The Morgan fingerprint density at radius 3 is 2.50 bits per heavy atom. The average molecular weight is 491 g/mol. The number of alkyl halides is 2. The van der Waals surface area contributed by atoms with Gasteiger partial charge in [0, 0.05) is 29.8 Å². The third kappa shape index (κ3) is 4.22. The van der Waals surface area contributed by atoms with E-state index in [1.165, 1.54) is 0 Å². The van der Waals surface area contributed by atoms with E-state index in [0.717, 1.165) is 28.8 Å². The maximum Gasteiger partial charge on any atom is 0.387 e. The second-order valence-corrected chi connectivity index (χ2v) is 6.91. The van der Waals surface area contributed by atoms with Gasteiger partial charge < -0.3 is 19.4 Å². The monoisotopic (exact) mass is 490 g/mol. The minimum atomic E-state index is -3.35. The number of hydrogen-bond acceptors (Lipinski definition) is 4. The Hall–Kier alpha value is -3.15. The Morgan fingerprint density at radius 1 is 1.20 bits per heavy atom. The molecule has 12 heteroatoms. The minimum absolute atomic E-state index is 0.0807. The van der Waals surface area contributed by atoms with Gasteiger partial charge in [-0.2, -0.15) is 8.78 Å². The largest absolute Gasteiger partial charge is 0.481 e. The fraction of sp³-hybridized carbons (Fsp3) is 0.167. The molecule has 0 saturated heterocycles. The maximum absolute atomic E-state index is 13.9. The molecule has 30 heavy (non-hydrogen) atoms. The molecule has 3 rings (SSSR count). The lowest BCUT2D eigenvalue weighted by molar-refractivity contribution is -0.137. The number of carboxylic acids is 2. The number of halogens is 5. The zero-order valence-electron chi connectivity index (χ0n) is 14.7. The number of carbonyl (C=O) groups is 2. The lowest BCUT2D eigenvalue weighted by atomic mass is 9.90. The van der Waals surface area contributed by atoms with Crippen molar-refractivity contribution >= 4 is 33.5 Å². The van der Waals surface area contributed by atoms with Gasteiger partial charge in [0.05, 0.1) is 16.6 Å². The second kappa shape index (κ2) is 8.30. The van der Waals surface area contributed by atoms with E-state index in [1.807, 2.05) is 0 Å². The molecule has 158 valence electrons. The van der Waals surface area contributed by atoms with Crippen LogP contribution in [0.15, 0.2) is 34.9 Å². The molecule has 2 N–H and O–H groups in total. The fourth-order valence-electron chi connectivity index (χ4n) is 3.07. The third-order valence-electron chi connectivity index (χ3n) is 4.18. The van der Waals surface area contributed by atoms with Gasteiger partial charge in [-0.15, -0.1) is 0 Å². The van der Waals surface area contributed by atoms with Crippen LogP contribution in [0.5, 0.6) is 5.75 Å². The summed E-state index contributed by atoms with van der Waals surface area (Å²) in [7, 11) is 0. The molecule has 0 spiro atoms. The van der Waals surface area contributed by atoms with Crippen molar-refractivity contribution in [3.05, 3.63) is 63.5 Å². The van der Waals surface area contributed by atoms with Crippen LogP contribution in [-0.2, 0) is 4.79 Å². The first-order valence-electron chi connectivity index (χ1n) is 8.14. The number of imidazole rings is 1. The molecule has 0 radical (unpaired) electrons. The number of ether oxygens (including phenoxy) is 1. The predicted molar refractivity (Wildman–Crippen MR) is 96.9 cm³/mol. The van der Waals surface area contributed by atoms with Gasteiger partial charge in [0.1, 0.15) is 23.0 Å². The number of aromatic carboxylic acids is 1. The number of aliphatic carboxylic acids is 1. The molecule has 0 saturated carbocycles. The molecule has 2 aromatic heterocycles. The van der Waals surface area contributed by atoms with Crippen molar-refractivity contribution in [2.45, 2.75) is 19.0 Å². The van der Waals surface area contributed by atoms with E-state index in [4.69, 9.17) is 0 Å². The summed E-state index contributed by atoms with van der Waals surface area (Å²) >= 11 is 2.95. The molecule has 0 aliphatic rings. The highest BCUT2D eigenvalue weighted by atomic mass is 79.9. The number of hydrogen-bond donors (Lipinski definition) is 2. The van der Waals surface area contributed by atoms with Gasteiger partial charge in [0.15, 0.2) is 5.69 Å². The third-order valence-corrected chi connectivity index (χ3v) is 4.76. The van der Waals surface area contributed by atoms with Gasteiger partial charge in [0.2, 0.25) is 0 Å². The first kappa shape index (κ1) is 21.6. The van der Waals surface area contributed by atoms with Gasteiger partial charge in [-0.1, -0.05) is 6.07 Å². The number of aromatic nitrogens is 2. The molecule has 0 amide bonds. The normalized spacial score (nSPS) is 12.3. The molecule has 0 fully saturated rings. The number of rotatable bonds is 7. The number of pyridine rings is 1. The topological polar surface area (TPSA) is 101 Å². The summed E-state index contributed by atoms with van der Waals surface area (Å²) in [5.41, 5.74) is -1.21. The molecule has 0 aliphatic heterocycles. The standard InChI is InChI=1S/C18H11BrF4N2O5/c19-10-6-25-13(5-11(10)21)24-15(17(28)29)16(25)9(4-14(26)27)8-2-1-7(20)3-12(8)30-18(22)23/h1-3,5-6,9,18H,4H2,(H,26,27)(H,28,29). The number of benzene rings is 1. The first-order valence-corrected chi connectivity index (χ1v) is 8.94. The lowest BCUT2D eigenvalue weighted by Crippen LogP contribution is -2.16. The van der Waals surface area contributed by atoms with Crippen LogP contribution in [0.2, 0.25) is 0 Å². The van der Waals surface area contributed by atoms with Gasteiger partial charge in [-0.25, -0.2) is 18.6 Å². The summed E-state index contributed by atoms with van der Waals surface area (Å²) in [5, 5.41) is 18.9. The van der Waals surface area contributed by atoms with E-state index in [2.05, 4.69) is 25.7 Å². The Kier molecular flexibility index (Phi) is 5.97. The van der Waals surface area contributed by atoms with E-state index in [1.54, 1.807) is 0 Å². The Labute approximate surface area is 173 Å². The van der Waals surface area contributed by atoms with Crippen LogP contribution in [0.4, 0.5) is 17.6 Å². The Bertz CT molecular complexity index is 1150.